The van der Waals surface area contributed by atoms with Crippen molar-refractivity contribution in [3.05, 3.63) is 11.6 Å². The van der Waals surface area contributed by atoms with Gasteiger partial charge in [-0.15, -0.1) is 0 Å². The summed E-state index contributed by atoms with van der Waals surface area (Å²) < 4.78 is 6.02. The number of unbranched alkanes of at least 4 members (excludes halogenated alkanes) is 2. The van der Waals surface area contributed by atoms with E-state index in [0.717, 1.165) is 18.4 Å². The van der Waals surface area contributed by atoms with Gasteiger partial charge in [-0.2, -0.15) is 0 Å². The molecule has 86 valence electrons. The summed E-state index contributed by atoms with van der Waals surface area (Å²) in [6.45, 7) is 5.57. The molecule has 0 aromatic rings. The molecule has 15 heavy (non-hydrogen) atoms. The van der Waals surface area contributed by atoms with Crippen molar-refractivity contribution in [1.29, 1.82) is 0 Å². The molecule has 0 spiro atoms. The van der Waals surface area contributed by atoms with Gasteiger partial charge in [0.2, 0.25) is 0 Å². The summed E-state index contributed by atoms with van der Waals surface area (Å²) in [6.07, 6.45) is 10.9. The van der Waals surface area contributed by atoms with Crippen LogP contribution in [0.25, 0.3) is 0 Å². The van der Waals surface area contributed by atoms with E-state index in [1.54, 1.807) is 5.57 Å². The fraction of sp³-hybridized carbons (Fsp3) is 0.857. The molecule has 0 amide bonds. The molecule has 2 bridgehead atoms. The lowest BCUT2D eigenvalue weighted by molar-refractivity contribution is -0.0537. The van der Waals surface area contributed by atoms with Gasteiger partial charge in [0.1, 0.15) is 0 Å². The number of hydrogen-bond donors (Lipinski definition) is 0. The van der Waals surface area contributed by atoms with E-state index in [4.69, 9.17) is 4.74 Å². The Morgan fingerprint density at radius 1 is 1.40 bits per heavy atom. The summed E-state index contributed by atoms with van der Waals surface area (Å²) in [6, 6.07) is 0. The first-order chi connectivity index (χ1) is 7.31. The van der Waals surface area contributed by atoms with Gasteiger partial charge in [-0.25, -0.2) is 0 Å². The number of rotatable bonds is 4. The highest BCUT2D eigenvalue weighted by atomic mass is 16.5. The molecule has 0 N–H and O–H groups in total. The van der Waals surface area contributed by atoms with Gasteiger partial charge in [0, 0.05) is 5.92 Å². The highest BCUT2D eigenvalue weighted by molar-refractivity contribution is 5.12. The molecule has 1 heteroatoms. The molecule has 1 fully saturated rings. The third-order valence-corrected chi connectivity index (χ3v) is 4.03. The minimum Gasteiger partial charge on any atom is -0.377 e. The van der Waals surface area contributed by atoms with Gasteiger partial charge in [-0.3, -0.25) is 0 Å². The summed E-state index contributed by atoms with van der Waals surface area (Å²) in [5.74, 6) is 1.57. The largest absolute Gasteiger partial charge is 0.377 e. The fourth-order valence-electron chi connectivity index (χ4n) is 2.98. The van der Waals surface area contributed by atoms with Crippen molar-refractivity contribution in [3.63, 3.8) is 0 Å². The quantitative estimate of drug-likeness (QED) is 0.502. The van der Waals surface area contributed by atoms with Crippen molar-refractivity contribution in [3.8, 4) is 0 Å². The summed E-state index contributed by atoms with van der Waals surface area (Å²) in [7, 11) is 0. The fourth-order valence-corrected chi connectivity index (χ4v) is 2.98. The van der Waals surface area contributed by atoms with Crippen molar-refractivity contribution < 1.29 is 4.74 Å². The van der Waals surface area contributed by atoms with Crippen LogP contribution in [0.3, 0.4) is 0 Å². The predicted octanol–water partition coefficient (Wildman–Crippen LogP) is 3.94. The van der Waals surface area contributed by atoms with Crippen molar-refractivity contribution in [2.75, 3.05) is 6.61 Å². The molecule has 2 rings (SSSR count). The molecule has 1 nitrogen and oxygen atoms in total. The van der Waals surface area contributed by atoms with Crippen molar-refractivity contribution in [2.45, 2.75) is 58.5 Å². The van der Waals surface area contributed by atoms with Crippen LogP contribution >= 0.6 is 0 Å². The van der Waals surface area contributed by atoms with Gasteiger partial charge in [0.05, 0.1) is 12.7 Å². The van der Waals surface area contributed by atoms with Crippen LogP contribution in [0.5, 0.6) is 0 Å². The number of allylic oxidation sites excluding steroid dienone is 1. The number of ether oxygens (including phenoxy) is 1. The van der Waals surface area contributed by atoms with Gasteiger partial charge in [0.25, 0.3) is 0 Å². The molecule has 0 radical (unpaired) electrons. The Kier molecular flexibility index (Phi) is 3.85. The smallest absolute Gasteiger partial charge is 0.0640 e. The number of hydrogen-bond acceptors (Lipinski definition) is 1. The zero-order valence-corrected chi connectivity index (χ0v) is 10.2. The number of fused-ring (bicyclic) bond motifs is 2. The Morgan fingerprint density at radius 2 is 2.27 bits per heavy atom. The van der Waals surface area contributed by atoms with Gasteiger partial charge in [-0.1, -0.05) is 37.8 Å². The molecule has 0 aromatic carbocycles. The maximum atomic E-state index is 6.02. The van der Waals surface area contributed by atoms with E-state index in [-0.39, 0.29) is 0 Å². The molecule has 3 atom stereocenters. The molecule has 0 saturated carbocycles. The Balaban J connectivity index is 1.89. The van der Waals surface area contributed by atoms with Crippen LogP contribution in [0.2, 0.25) is 0 Å². The molecule has 1 saturated heterocycles. The summed E-state index contributed by atoms with van der Waals surface area (Å²) >= 11 is 0. The maximum Gasteiger partial charge on any atom is 0.0640 e. The minimum absolute atomic E-state index is 0.532. The third-order valence-electron chi connectivity index (χ3n) is 4.03. The Bertz CT molecular complexity index is 231. The lowest BCUT2D eigenvalue weighted by atomic mass is 9.76. The maximum absolute atomic E-state index is 6.02. The van der Waals surface area contributed by atoms with Crippen molar-refractivity contribution >= 4 is 0 Å². The molecule has 1 aliphatic carbocycles. The first-order valence-electron chi connectivity index (χ1n) is 6.59. The second-order valence-electron chi connectivity index (χ2n) is 5.26. The normalized spacial score (nSPS) is 35.1. The van der Waals surface area contributed by atoms with Crippen molar-refractivity contribution in [1.82, 2.24) is 0 Å². The summed E-state index contributed by atoms with van der Waals surface area (Å²) in [4.78, 5) is 0. The zero-order chi connectivity index (χ0) is 10.7. The molecule has 1 aliphatic heterocycles. The molecule has 0 unspecified atom stereocenters. The molecule has 2 aliphatic rings. The SMILES string of the molecule is CCCCC[C@@H]1OC[C@H]2CC=C(C)[C@@H]1C2. The second-order valence-corrected chi connectivity index (χ2v) is 5.26. The summed E-state index contributed by atoms with van der Waals surface area (Å²) in [5, 5.41) is 0. The minimum atomic E-state index is 0.532. The highest BCUT2D eigenvalue weighted by Gasteiger charge is 2.33. The van der Waals surface area contributed by atoms with Crippen LogP contribution in [0.4, 0.5) is 0 Å². The van der Waals surface area contributed by atoms with Crippen LogP contribution in [-0.4, -0.2) is 12.7 Å². The average molecular weight is 208 g/mol. The van der Waals surface area contributed by atoms with E-state index in [1.807, 2.05) is 0 Å². The zero-order valence-electron chi connectivity index (χ0n) is 10.2. The Hall–Kier alpha value is -0.300. The summed E-state index contributed by atoms with van der Waals surface area (Å²) in [5.41, 5.74) is 1.59. The topological polar surface area (TPSA) is 9.23 Å². The van der Waals surface area contributed by atoms with E-state index in [0.29, 0.717) is 6.10 Å². The molecular weight excluding hydrogens is 184 g/mol. The van der Waals surface area contributed by atoms with Crippen LogP contribution < -0.4 is 0 Å². The van der Waals surface area contributed by atoms with E-state index in [9.17, 15) is 0 Å². The predicted molar refractivity (Wildman–Crippen MR) is 63.9 cm³/mol. The van der Waals surface area contributed by atoms with Gasteiger partial charge >= 0.3 is 0 Å². The van der Waals surface area contributed by atoms with Crippen LogP contribution in [0.1, 0.15) is 52.4 Å². The Morgan fingerprint density at radius 3 is 3.07 bits per heavy atom. The third kappa shape index (κ3) is 2.63. The van der Waals surface area contributed by atoms with Gasteiger partial charge in [0.15, 0.2) is 0 Å². The standard InChI is InChI=1S/C14H24O/c1-3-4-5-6-14-13-9-12(10-15-14)8-7-11(13)2/h7,12-14H,3-6,8-10H2,1-2H3/t12-,13-,14-/m0/s1. The lowest BCUT2D eigenvalue weighted by Crippen LogP contribution is -2.37. The van der Waals surface area contributed by atoms with E-state index in [1.165, 1.54) is 38.5 Å². The van der Waals surface area contributed by atoms with E-state index < -0.39 is 0 Å². The van der Waals surface area contributed by atoms with Gasteiger partial charge < -0.3 is 4.74 Å². The Labute approximate surface area is 93.9 Å². The lowest BCUT2D eigenvalue weighted by Gasteiger charge is -2.40. The van der Waals surface area contributed by atoms with Gasteiger partial charge in [-0.05, 0) is 32.1 Å². The van der Waals surface area contributed by atoms with E-state index in [2.05, 4.69) is 19.9 Å². The first kappa shape index (κ1) is 11.2. The highest BCUT2D eigenvalue weighted by Crippen LogP contribution is 2.38. The average Bonchev–Trinajstić information content (AvgIpc) is 2.26. The van der Waals surface area contributed by atoms with Crippen LogP contribution in [-0.2, 0) is 4.74 Å². The second kappa shape index (κ2) is 5.16. The molecule has 0 aromatic heterocycles. The van der Waals surface area contributed by atoms with Crippen LogP contribution in [0.15, 0.2) is 11.6 Å². The first-order valence-corrected chi connectivity index (χ1v) is 6.59. The molecule has 1 heterocycles. The van der Waals surface area contributed by atoms with Crippen LogP contribution in [0, 0.1) is 11.8 Å². The monoisotopic (exact) mass is 208 g/mol. The molecular formula is C14H24O. The van der Waals surface area contributed by atoms with E-state index >= 15 is 0 Å². The van der Waals surface area contributed by atoms with Crippen molar-refractivity contribution in [2.24, 2.45) is 11.8 Å².